The number of carbonyl (C=O) groups excluding carboxylic acids is 1. The van der Waals surface area contributed by atoms with Gasteiger partial charge in [-0.2, -0.15) is 0 Å². The van der Waals surface area contributed by atoms with Crippen LogP contribution in [0.2, 0.25) is 5.02 Å². The number of hydrogen-bond donors (Lipinski definition) is 2. The predicted molar refractivity (Wildman–Crippen MR) is 121 cm³/mol. The van der Waals surface area contributed by atoms with E-state index in [0.29, 0.717) is 29.0 Å². The second-order valence-corrected chi connectivity index (χ2v) is 8.42. The van der Waals surface area contributed by atoms with Crippen molar-refractivity contribution in [3.05, 3.63) is 59.1 Å². The first-order chi connectivity index (χ1) is 14.4. The lowest BCUT2D eigenvalue weighted by Gasteiger charge is -2.56. The van der Waals surface area contributed by atoms with Crippen molar-refractivity contribution in [3.8, 4) is 5.75 Å². The van der Waals surface area contributed by atoms with Crippen LogP contribution < -0.4 is 15.4 Å². The maximum atomic E-state index is 13.5. The number of nitrogens with zero attached hydrogens (tertiary/aromatic N) is 1. The molecule has 8 heteroatoms. The van der Waals surface area contributed by atoms with Crippen LogP contribution in [0, 0.1) is 5.92 Å². The molecule has 158 valence electrons. The van der Waals surface area contributed by atoms with Crippen LogP contribution in [0.3, 0.4) is 0 Å². The quantitative estimate of drug-likeness (QED) is 0.518. The van der Waals surface area contributed by atoms with Crippen LogP contribution in [0.4, 0.5) is 5.69 Å². The Bertz CT molecular complexity index is 955. The number of para-hydroxylation sites is 1. The number of rotatable bonds is 6. The fourth-order valence-electron chi connectivity index (χ4n) is 4.24. The number of ether oxygens (including phenoxy) is 2. The van der Waals surface area contributed by atoms with E-state index in [1.54, 1.807) is 31.4 Å². The summed E-state index contributed by atoms with van der Waals surface area (Å²) in [6.45, 7) is 3.13. The number of nitrogens with one attached hydrogen (secondary N) is 2. The minimum absolute atomic E-state index is 0.147. The number of carbonyl (C=O) groups is 1. The van der Waals surface area contributed by atoms with Gasteiger partial charge in [-0.05, 0) is 55.9 Å². The van der Waals surface area contributed by atoms with Gasteiger partial charge in [-0.15, -0.1) is 0 Å². The number of benzene rings is 2. The average Bonchev–Trinajstić information content (AvgIpc) is 2.71. The first-order valence-corrected chi connectivity index (χ1v) is 10.6. The van der Waals surface area contributed by atoms with Crippen LogP contribution in [0.25, 0.3) is 0 Å². The summed E-state index contributed by atoms with van der Waals surface area (Å²) in [7, 11) is 1.67. The minimum Gasteiger partial charge on any atom is -0.467 e. The molecule has 2 aliphatic heterocycles. The highest BCUT2D eigenvalue weighted by Crippen LogP contribution is 2.48. The standard InChI is InChI=1S/C22H24ClN3O3S/c1-22-18(20(27)24-15-10-8-14(23)9-11-15)19(16-6-3-4-7-17(16)29-22)25-21(30)26(22)12-5-13-28-2/h3-4,6-11,18-19H,5,12-13H2,1-2H3,(H,24,27)(H,25,30)/t18-,19-,22-/m0/s1. The van der Waals surface area contributed by atoms with Crippen LogP contribution in [0.5, 0.6) is 5.75 Å². The molecule has 1 saturated heterocycles. The molecule has 0 radical (unpaired) electrons. The number of anilines is 1. The van der Waals surface area contributed by atoms with Crippen molar-refractivity contribution < 1.29 is 14.3 Å². The van der Waals surface area contributed by atoms with E-state index in [-0.39, 0.29) is 11.9 Å². The minimum atomic E-state index is -0.939. The fourth-order valence-corrected chi connectivity index (χ4v) is 4.77. The van der Waals surface area contributed by atoms with Crippen LogP contribution in [0.1, 0.15) is 24.9 Å². The molecule has 0 unspecified atom stereocenters. The van der Waals surface area contributed by atoms with Crippen molar-refractivity contribution in [1.29, 1.82) is 0 Å². The lowest BCUT2D eigenvalue weighted by atomic mass is 9.78. The van der Waals surface area contributed by atoms with Gasteiger partial charge in [0.1, 0.15) is 11.7 Å². The molecular weight excluding hydrogens is 422 g/mol. The Hall–Kier alpha value is -2.35. The summed E-state index contributed by atoms with van der Waals surface area (Å²) in [5.41, 5.74) is 0.662. The van der Waals surface area contributed by atoms with Gasteiger partial charge in [0.2, 0.25) is 5.91 Å². The third-order valence-electron chi connectivity index (χ3n) is 5.67. The maximum Gasteiger partial charge on any atom is 0.236 e. The summed E-state index contributed by atoms with van der Waals surface area (Å²) >= 11 is 11.6. The lowest BCUT2D eigenvalue weighted by molar-refractivity contribution is -0.149. The third-order valence-corrected chi connectivity index (χ3v) is 6.26. The monoisotopic (exact) mass is 445 g/mol. The SMILES string of the molecule is COCCCN1C(=S)N[C@H]2c3ccccc3O[C@@]1(C)[C@@H]2C(=O)Nc1ccc(Cl)cc1. The zero-order chi connectivity index (χ0) is 21.3. The molecule has 1 fully saturated rings. The molecule has 0 spiro atoms. The number of hydrogen-bond acceptors (Lipinski definition) is 4. The van der Waals surface area contributed by atoms with Gasteiger partial charge in [0.15, 0.2) is 10.8 Å². The van der Waals surface area contributed by atoms with Crippen molar-refractivity contribution in [2.45, 2.75) is 25.1 Å². The van der Waals surface area contributed by atoms with E-state index >= 15 is 0 Å². The van der Waals surface area contributed by atoms with Crippen molar-refractivity contribution in [2.24, 2.45) is 5.92 Å². The van der Waals surface area contributed by atoms with E-state index in [1.165, 1.54) is 0 Å². The first kappa shape index (κ1) is 20.9. The Morgan fingerprint density at radius 1 is 1.30 bits per heavy atom. The molecule has 0 saturated carbocycles. The van der Waals surface area contributed by atoms with Crippen LogP contribution in [0.15, 0.2) is 48.5 Å². The molecule has 2 aliphatic rings. The van der Waals surface area contributed by atoms with Gasteiger partial charge < -0.3 is 25.0 Å². The molecular formula is C22H24ClN3O3S. The topological polar surface area (TPSA) is 62.8 Å². The van der Waals surface area contributed by atoms with E-state index in [9.17, 15) is 4.79 Å². The summed E-state index contributed by atoms with van der Waals surface area (Å²) in [4.78, 5) is 15.5. The largest absolute Gasteiger partial charge is 0.467 e. The number of methoxy groups -OCH3 is 1. The van der Waals surface area contributed by atoms with Gasteiger partial charge in [0.05, 0.1) is 6.04 Å². The Morgan fingerprint density at radius 2 is 2.03 bits per heavy atom. The number of halogens is 1. The highest BCUT2D eigenvalue weighted by atomic mass is 35.5. The number of fused-ring (bicyclic) bond motifs is 4. The number of thiocarbonyl (C=S) groups is 1. The molecule has 2 aromatic rings. The molecule has 0 aromatic heterocycles. The summed E-state index contributed by atoms with van der Waals surface area (Å²) < 4.78 is 11.7. The lowest BCUT2D eigenvalue weighted by Crippen LogP contribution is -2.71. The third kappa shape index (κ3) is 3.73. The normalized spacial score (nSPS) is 24.5. The van der Waals surface area contributed by atoms with Crippen molar-refractivity contribution in [1.82, 2.24) is 10.2 Å². The van der Waals surface area contributed by atoms with Gasteiger partial charge in [-0.1, -0.05) is 29.8 Å². The summed E-state index contributed by atoms with van der Waals surface area (Å²) in [5.74, 6) is 0.0793. The second kappa shape index (κ2) is 8.41. The Morgan fingerprint density at radius 3 is 2.77 bits per heavy atom. The Balaban J connectivity index is 1.70. The smallest absolute Gasteiger partial charge is 0.236 e. The molecule has 6 nitrogen and oxygen atoms in total. The van der Waals surface area contributed by atoms with E-state index in [0.717, 1.165) is 17.7 Å². The molecule has 4 rings (SSSR count). The zero-order valence-electron chi connectivity index (χ0n) is 16.9. The predicted octanol–water partition coefficient (Wildman–Crippen LogP) is 3.97. The zero-order valence-corrected chi connectivity index (χ0v) is 18.4. The molecule has 2 heterocycles. The molecule has 30 heavy (non-hydrogen) atoms. The average molecular weight is 446 g/mol. The highest BCUT2D eigenvalue weighted by molar-refractivity contribution is 7.80. The molecule has 2 aromatic carbocycles. The molecule has 2 bridgehead atoms. The molecule has 2 N–H and O–H groups in total. The van der Waals surface area contributed by atoms with Crippen molar-refractivity contribution >= 4 is 40.5 Å². The van der Waals surface area contributed by atoms with E-state index in [4.69, 9.17) is 33.3 Å². The maximum absolute atomic E-state index is 13.5. The molecule has 1 amide bonds. The summed E-state index contributed by atoms with van der Waals surface area (Å²) in [5, 5.41) is 7.59. The first-order valence-electron chi connectivity index (χ1n) is 9.85. The second-order valence-electron chi connectivity index (χ2n) is 7.59. The van der Waals surface area contributed by atoms with Gasteiger partial charge in [-0.3, -0.25) is 4.79 Å². The van der Waals surface area contributed by atoms with Crippen LogP contribution in [-0.2, 0) is 9.53 Å². The summed E-state index contributed by atoms with van der Waals surface area (Å²) in [6, 6.07) is 14.5. The van der Waals surface area contributed by atoms with Crippen LogP contribution >= 0.6 is 23.8 Å². The van der Waals surface area contributed by atoms with Gasteiger partial charge >= 0.3 is 0 Å². The van der Waals surface area contributed by atoms with E-state index in [1.807, 2.05) is 36.1 Å². The fraction of sp³-hybridized carbons (Fsp3) is 0.364. The molecule has 3 atom stereocenters. The van der Waals surface area contributed by atoms with Crippen molar-refractivity contribution in [3.63, 3.8) is 0 Å². The highest BCUT2D eigenvalue weighted by Gasteiger charge is 2.58. The van der Waals surface area contributed by atoms with Crippen molar-refractivity contribution in [2.75, 3.05) is 25.6 Å². The van der Waals surface area contributed by atoms with Gasteiger partial charge in [0.25, 0.3) is 0 Å². The molecule has 0 aliphatic carbocycles. The number of amides is 1. The summed E-state index contributed by atoms with van der Waals surface area (Å²) in [6.07, 6.45) is 0.759. The van der Waals surface area contributed by atoms with E-state index in [2.05, 4.69) is 10.6 Å². The van der Waals surface area contributed by atoms with Gasteiger partial charge in [0, 0.05) is 36.5 Å². The Labute approximate surface area is 186 Å². The Kier molecular flexibility index (Phi) is 5.86. The van der Waals surface area contributed by atoms with E-state index < -0.39 is 11.6 Å². The van der Waals surface area contributed by atoms with Crippen LogP contribution in [-0.4, -0.2) is 41.9 Å². The van der Waals surface area contributed by atoms with Gasteiger partial charge in [-0.25, -0.2) is 0 Å².